The summed E-state index contributed by atoms with van der Waals surface area (Å²) >= 11 is 0. The largest absolute Gasteiger partial charge is 0.447 e. The standard InChI is InChI=1S/C18H29NO4/c1-16(2,3)12-10-23-15(21)19(12)14(20)18-8-7-11(17(18,4)5)9-13(18)22-6/h11-13H,7-10H2,1-6H3/t11-,12+,13-,18+/m1/s1. The van der Waals surface area contributed by atoms with Crippen LogP contribution in [-0.2, 0) is 14.3 Å². The average molecular weight is 323 g/mol. The average Bonchev–Trinajstić information content (AvgIpc) is 3.04. The Bertz CT molecular complexity index is 536. The highest BCUT2D eigenvalue weighted by Crippen LogP contribution is 2.67. The molecule has 130 valence electrons. The van der Waals surface area contributed by atoms with Gasteiger partial charge in [0.1, 0.15) is 6.61 Å². The number of nitrogens with zero attached hydrogens (tertiary/aromatic N) is 1. The molecule has 0 spiro atoms. The zero-order chi connectivity index (χ0) is 17.2. The Morgan fingerprint density at radius 2 is 2.00 bits per heavy atom. The lowest BCUT2D eigenvalue weighted by Crippen LogP contribution is -2.57. The van der Waals surface area contributed by atoms with E-state index >= 15 is 0 Å². The Balaban J connectivity index is 2.02. The van der Waals surface area contributed by atoms with E-state index < -0.39 is 11.5 Å². The molecule has 3 aliphatic rings. The van der Waals surface area contributed by atoms with Gasteiger partial charge in [-0.25, -0.2) is 9.69 Å². The molecule has 0 aromatic carbocycles. The predicted octanol–water partition coefficient (Wildman–Crippen LogP) is 3.22. The summed E-state index contributed by atoms with van der Waals surface area (Å²) in [7, 11) is 1.68. The molecule has 0 aromatic heterocycles. The van der Waals surface area contributed by atoms with Gasteiger partial charge in [0, 0.05) is 7.11 Å². The SMILES string of the molecule is CO[C@@H]1C[C@H]2CC[C@]1(C(=O)N1C(=O)OC[C@H]1C(C)(C)C)C2(C)C. The first-order valence-corrected chi connectivity index (χ1v) is 8.60. The molecule has 5 heteroatoms. The van der Waals surface area contributed by atoms with Gasteiger partial charge in [-0.1, -0.05) is 34.6 Å². The highest BCUT2D eigenvalue weighted by molar-refractivity contribution is 5.98. The third-order valence-electron chi connectivity index (χ3n) is 6.86. The molecule has 2 bridgehead atoms. The summed E-state index contributed by atoms with van der Waals surface area (Å²) in [5, 5.41) is 0. The van der Waals surface area contributed by atoms with Crippen molar-refractivity contribution >= 4 is 12.0 Å². The van der Waals surface area contributed by atoms with Gasteiger partial charge in [0.2, 0.25) is 5.91 Å². The van der Waals surface area contributed by atoms with E-state index in [9.17, 15) is 9.59 Å². The molecule has 0 aromatic rings. The minimum absolute atomic E-state index is 0.0863. The Kier molecular flexibility index (Phi) is 3.60. The lowest BCUT2D eigenvalue weighted by Gasteiger charge is -2.44. The third-order valence-corrected chi connectivity index (χ3v) is 6.86. The number of hydrogen-bond donors (Lipinski definition) is 0. The smallest absolute Gasteiger partial charge is 0.417 e. The maximum atomic E-state index is 13.6. The molecule has 3 rings (SSSR count). The first-order valence-electron chi connectivity index (χ1n) is 8.60. The maximum absolute atomic E-state index is 13.6. The zero-order valence-corrected chi connectivity index (χ0v) is 15.1. The third kappa shape index (κ3) is 2.01. The molecule has 23 heavy (non-hydrogen) atoms. The number of carbonyl (C=O) groups excluding carboxylic acids is 2. The van der Waals surface area contributed by atoms with E-state index in [1.54, 1.807) is 7.11 Å². The van der Waals surface area contributed by atoms with Crippen molar-refractivity contribution in [3.8, 4) is 0 Å². The Morgan fingerprint density at radius 3 is 2.52 bits per heavy atom. The zero-order valence-electron chi connectivity index (χ0n) is 15.1. The van der Waals surface area contributed by atoms with Gasteiger partial charge >= 0.3 is 6.09 Å². The molecule has 0 N–H and O–H groups in total. The molecule has 3 fully saturated rings. The van der Waals surface area contributed by atoms with E-state index in [0.29, 0.717) is 5.92 Å². The molecule has 2 aliphatic carbocycles. The van der Waals surface area contributed by atoms with Crippen molar-refractivity contribution < 1.29 is 19.1 Å². The van der Waals surface area contributed by atoms with Crippen molar-refractivity contribution in [2.24, 2.45) is 22.2 Å². The van der Waals surface area contributed by atoms with Crippen molar-refractivity contribution in [3.63, 3.8) is 0 Å². The second-order valence-corrected chi connectivity index (χ2v) is 9.02. The van der Waals surface area contributed by atoms with Crippen LogP contribution >= 0.6 is 0 Å². The first-order chi connectivity index (χ1) is 10.6. The number of imide groups is 1. The van der Waals surface area contributed by atoms with Gasteiger partial charge < -0.3 is 9.47 Å². The van der Waals surface area contributed by atoms with E-state index in [4.69, 9.17) is 9.47 Å². The molecule has 1 aliphatic heterocycles. The van der Waals surface area contributed by atoms with E-state index in [1.807, 2.05) is 20.8 Å². The van der Waals surface area contributed by atoms with Gasteiger partial charge in [-0.2, -0.15) is 0 Å². The summed E-state index contributed by atoms with van der Waals surface area (Å²) in [6.45, 7) is 10.7. The van der Waals surface area contributed by atoms with Crippen molar-refractivity contribution in [1.82, 2.24) is 4.90 Å². The molecule has 5 nitrogen and oxygen atoms in total. The van der Waals surface area contributed by atoms with Crippen LogP contribution in [0.4, 0.5) is 4.79 Å². The van der Waals surface area contributed by atoms with Crippen LogP contribution in [0.3, 0.4) is 0 Å². The first kappa shape index (κ1) is 16.7. The topological polar surface area (TPSA) is 55.8 Å². The summed E-state index contributed by atoms with van der Waals surface area (Å²) in [6, 6.07) is -0.218. The minimum Gasteiger partial charge on any atom is -0.447 e. The van der Waals surface area contributed by atoms with Crippen LogP contribution in [0.5, 0.6) is 0 Å². The lowest BCUT2D eigenvalue weighted by atomic mass is 9.67. The number of rotatable bonds is 2. The van der Waals surface area contributed by atoms with Crippen LogP contribution < -0.4 is 0 Å². The molecule has 2 saturated carbocycles. The number of amides is 2. The van der Waals surface area contributed by atoms with Crippen LogP contribution in [0.2, 0.25) is 0 Å². The summed E-state index contributed by atoms with van der Waals surface area (Å²) in [4.78, 5) is 27.4. The van der Waals surface area contributed by atoms with Gasteiger partial charge in [-0.15, -0.1) is 0 Å². The van der Waals surface area contributed by atoms with Gasteiger partial charge in [-0.3, -0.25) is 4.79 Å². The maximum Gasteiger partial charge on any atom is 0.417 e. The summed E-state index contributed by atoms with van der Waals surface area (Å²) in [6.07, 6.45) is 2.12. The Hall–Kier alpha value is -1.10. The molecule has 2 amide bonds. The number of hydrogen-bond acceptors (Lipinski definition) is 4. The highest BCUT2D eigenvalue weighted by Gasteiger charge is 2.70. The van der Waals surface area contributed by atoms with Crippen molar-refractivity contribution in [2.75, 3.05) is 13.7 Å². The van der Waals surface area contributed by atoms with Gasteiger partial charge in [-0.05, 0) is 36.0 Å². The van der Waals surface area contributed by atoms with Gasteiger partial charge in [0.15, 0.2) is 0 Å². The van der Waals surface area contributed by atoms with Crippen LogP contribution in [0.25, 0.3) is 0 Å². The lowest BCUT2D eigenvalue weighted by molar-refractivity contribution is -0.155. The van der Waals surface area contributed by atoms with Gasteiger partial charge in [0.25, 0.3) is 0 Å². The molecule has 1 saturated heterocycles. The summed E-state index contributed by atoms with van der Waals surface area (Å²) < 4.78 is 11.0. The molecule has 0 unspecified atom stereocenters. The fourth-order valence-electron chi connectivity index (χ4n) is 5.21. The quantitative estimate of drug-likeness (QED) is 0.783. The van der Waals surface area contributed by atoms with Crippen molar-refractivity contribution in [3.05, 3.63) is 0 Å². The number of ether oxygens (including phenoxy) is 2. The van der Waals surface area contributed by atoms with Crippen LogP contribution in [0, 0.1) is 22.2 Å². The van der Waals surface area contributed by atoms with Crippen LogP contribution in [0.1, 0.15) is 53.9 Å². The van der Waals surface area contributed by atoms with Crippen LogP contribution in [-0.4, -0.2) is 42.8 Å². The monoisotopic (exact) mass is 323 g/mol. The fourth-order valence-corrected chi connectivity index (χ4v) is 5.21. The van der Waals surface area contributed by atoms with E-state index in [0.717, 1.165) is 19.3 Å². The minimum atomic E-state index is -0.612. The van der Waals surface area contributed by atoms with E-state index in [-0.39, 0.29) is 35.5 Å². The molecule has 4 atom stereocenters. The number of fused-ring (bicyclic) bond motifs is 2. The molecule has 0 radical (unpaired) electrons. The summed E-state index contributed by atoms with van der Waals surface area (Å²) in [5.74, 6) is 0.389. The van der Waals surface area contributed by atoms with Crippen LogP contribution in [0.15, 0.2) is 0 Å². The highest BCUT2D eigenvalue weighted by atomic mass is 16.6. The van der Waals surface area contributed by atoms with Crippen molar-refractivity contribution in [2.45, 2.75) is 66.0 Å². The number of cyclic esters (lactones) is 1. The fraction of sp³-hybridized carbons (Fsp3) is 0.889. The number of carbonyl (C=O) groups is 2. The Morgan fingerprint density at radius 1 is 1.35 bits per heavy atom. The predicted molar refractivity (Wildman–Crippen MR) is 85.8 cm³/mol. The van der Waals surface area contributed by atoms with E-state index in [1.165, 1.54) is 4.90 Å². The van der Waals surface area contributed by atoms with Crippen molar-refractivity contribution in [1.29, 1.82) is 0 Å². The molecular formula is C18H29NO4. The molecular weight excluding hydrogens is 294 g/mol. The normalized spacial score (nSPS) is 39.0. The Labute approximate surface area is 138 Å². The summed E-state index contributed by atoms with van der Waals surface area (Å²) in [5.41, 5.74) is -0.975. The second-order valence-electron chi connectivity index (χ2n) is 9.02. The van der Waals surface area contributed by atoms with Gasteiger partial charge in [0.05, 0.1) is 17.6 Å². The number of methoxy groups -OCH3 is 1. The second kappa shape index (κ2) is 4.95. The van der Waals surface area contributed by atoms with E-state index in [2.05, 4.69) is 13.8 Å². The molecule has 1 heterocycles.